The Morgan fingerprint density at radius 2 is 1.93 bits per heavy atom. The Kier molecular flexibility index (Phi) is 6.61. The van der Waals surface area contributed by atoms with Gasteiger partial charge in [0, 0.05) is 12.6 Å². The minimum atomic E-state index is -0.262. The fourth-order valence-corrected chi connectivity index (χ4v) is 3.58. The molecule has 0 bridgehead atoms. The van der Waals surface area contributed by atoms with Crippen LogP contribution in [0.15, 0.2) is 34.9 Å². The molecule has 2 aromatic rings. The zero-order valence-electron chi connectivity index (χ0n) is 16.1. The van der Waals surface area contributed by atoms with E-state index in [0.29, 0.717) is 12.5 Å². The van der Waals surface area contributed by atoms with Gasteiger partial charge in [-0.3, -0.25) is 9.69 Å². The van der Waals surface area contributed by atoms with E-state index < -0.39 is 0 Å². The molecule has 146 valence electrons. The summed E-state index contributed by atoms with van der Waals surface area (Å²) in [7, 11) is 0. The summed E-state index contributed by atoms with van der Waals surface area (Å²) in [4.78, 5) is 14.9. The quantitative estimate of drug-likeness (QED) is 0.798. The molecule has 0 saturated carbocycles. The van der Waals surface area contributed by atoms with Crippen molar-refractivity contribution in [2.45, 2.75) is 45.6 Å². The van der Waals surface area contributed by atoms with Crippen LogP contribution in [0.4, 0.5) is 4.39 Å². The second kappa shape index (κ2) is 9.13. The molecule has 2 heterocycles. The van der Waals surface area contributed by atoms with Crippen molar-refractivity contribution in [3.8, 4) is 0 Å². The average molecular weight is 373 g/mol. The summed E-state index contributed by atoms with van der Waals surface area (Å²) in [6, 6.07) is 8.29. The van der Waals surface area contributed by atoms with E-state index in [1.54, 1.807) is 18.2 Å². The van der Waals surface area contributed by atoms with Crippen LogP contribution in [0.25, 0.3) is 0 Å². The van der Waals surface area contributed by atoms with Crippen molar-refractivity contribution >= 4 is 5.91 Å². The van der Waals surface area contributed by atoms with Gasteiger partial charge in [-0.05, 0) is 56.0 Å². The predicted octanol–water partition coefficient (Wildman–Crippen LogP) is 3.97. The molecule has 27 heavy (non-hydrogen) atoms. The maximum absolute atomic E-state index is 13.3. The first-order valence-corrected chi connectivity index (χ1v) is 9.76. The van der Waals surface area contributed by atoms with Crippen molar-refractivity contribution in [2.75, 3.05) is 19.6 Å². The van der Waals surface area contributed by atoms with E-state index in [4.69, 9.17) is 4.52 Å². The number of aromatic nitrogens is 1. The summed E-state index contributed by atoms with van der Waals surface area (Å²) in [5.41, 5.74) is 1.80. The summed E-state index contributed by atoms with van der Waals surface area (Å²) in [5, 5.41) is 6.94. The van der Waals surface area contributed by atoms with Crippen molar-refractivity contribution in [3.05, 3.63) is 53.2 Å². The van der Waals surface area contributed by atoms with Gasteiger partial charge in [-0.25, -0.2) is 4.39 Å². The van der Waals surface area contributed by atoms with E-state index in [1.807, 2.05) is 0 Å². The zero-order valence-corrected chi connectivity index (χ0v) is 16.1. The topological polar surface area (TPSA) is 58.4 Å². The van der Waals surface area contributed by atoms with Gasteiger partial charge < -0.3 is 9.84 Å². The maximum atomic E-state index is 13.3. The molecular weight excluding hydrogens is 345 g/mol. The molecule has 0 radical (unpaired) electrons. The number of piperidine rings is 1. The number of hydrogen-bond donors (Lipinski definition) is 1. The highest BCUT2D eigenvalue weighted by Crippen LogP contribution is 2.24. The Hall–Kier alpha value is -2.21. The lowest BCUT2D eigenvalue weighted by molar-refractivity contribution is 0.0888. The monoisotopic (exact) mass is 373 g/mol. The van der Waals surface area contributed by atoms with Gasteiger partial charge in [0.25, 0.3) is 5.91 Å². The predicted molar refractivity (Wildman–Crippen MR) is 102 cm³/mol. The molecule has 1 amide bonds. The van der Waals surface area contributed by atoms with Crippen molar-refractivity contribution in [1.29, 1.82) is 0 Å². The fourth-order valence-electron chi connectivity index (χ4n) is 3.58. The van der Waals surface area contributed by atoms with Crippen LogP contribution >= 0.6 is 0 Å². The molecule has 0 spiro atoms. The van der Waals surface area contributed by atoms with Gasteiger partial charge in [-0.2, -0.15) is 0 Å². The number of rotatable bonds is 7. The summed E-state index contributed by atoms with van der Waals surface area (Å²) in [6.45, 7) is 6.61. The molecular formula is C21H28FN3O2. The molecule has 1 saturated heterocycles. The first-order chi connectivity index (χ1) is 13.0. The number of carbonyl (C=O) groups excluding carboxylic acids is 1. The van der Waals surface area contributed by atoms with E-state index in [9.17, 15) is 9.18 Å². The normalized spacial score (nSPS) is 16.4. The van der Waals surface area contributed by atoms with E-state index in [1.165, 1.54) is 18.6 Å². The Balaban J connectivity index is 1.67. The molecule has 1 N–H and O–H groups in total. The third-order valence-electron chi connectivity index (χ3n) is 4.94. The zero-order chi connectivity index (χ0) is 19.2. The summed E-state index contributed by atoms with van der Waals surface area (Å²) >= 11 is 0. The standard InChI is InChI=1S/C21H28FN3O2/c1-15(2)12-18-13-20(27-24-18)21(26)23-14-19(25-10-4-3-5-11-25)16-6-8-17(22)9-7-16/h6-9,13,15,19H,3-5,10-12,14H2,1-2H3,(H,23,26). The van der Waals surface area contributed by atoms with Crippen LogP contribution in [0.5, 0.6) is 0 Å². The highest BCUT2D eigenvalue weighted by Gasteiger charge is 2.24. The molecule has 1 aromatic heterocycles. The van der Waals surface area contributed by atoms with Crippen LogP contribution in [-0.4, -0.2) is 35.6 Å². The van der Waals surface area contributed by atoms with Crippen LogP contribution < -0.4 is 5.32 Å². The summed E-state index contributed by atoms with van der Waals surface area (Å²) in [6.07, 6.45) is 4.30. The lowest BCUT2D eigenvalue weighted by Gasteiger charge is -2.35. The third kappa shape index (κ3) is 5.39. The van der Waals surface area contributed by atoms with Gasteiger partial charge in [0.1, 0.15) is 5.82 Å². The molecule has 1 atom stereocenters. The van der Waals surface area contributed by atoms with Crippen molar-refractivity contribution in [3.63, 3.8) is 0 Å². The van der Waals surface area contributed by atoms with Crippen LogP contribution in [0.2, 0.25) is 0 Å². The average Bonchev–Trinajstić information content (AvgIpc) is 3.12. The maximum Gasteiger partial charge on any atom is 0.289 e. The van der Waals surface area contributed by atoms with Crippen molar-refractivity contribution in [2.24, 2.45) is 5.92 Å². The number of benzene rings is 1. The fraction of sp³-hybridized carbons (Fsp3) is 0.524. The van der Waals surface area contributed by atoms with Crippen LogP contribution in [0.1, 0.15) is 61.0 Å². The molecule has 5 nitrogen and oxygen atoms in total. The first-order valence-electron chi connectivity index (χ1n) is 9.76. The van der Waals surface area contributed by atoms with Gasteiger partial charge in [0.2, 0.25) is 5.76 Å². The number of amides is 1. The van der Waals surface area contributed by atoms with Crippen LogP contribution in [0.3, 0.4) is 0 Å². The highest BCUT2D eigenvalue weighted by molar-refractivity contribution is 5.91. The molecule has 1 fully saturated rings. The Bertz CT molecular complexity index is 736. The largest absolute Gasteiger partial charge is 0.351 e. The number of nitrogens with zero attached hydrogens (tertiary/aromatic N) is 2. The van der Waals surface area contributed by atoms with Gasteiger partial charge in [-0.15, -0.1) is 0 Å². The molecule has 1 unspecified atom stereocenters. The van der Waals surface area contributed by atoms with Crippen molar-refractivity contribution < 1.29 is 13.7 Å². The second-order valence-electron chi connectivity index (χ2n) is 7.65. The molecule has 1 aromatic carbocycles. The highest BCUT2D eigenvalue weighted by atomic mass is 19.1. The van der Waals surface area contributed by atoms with E-state index in [0.717, 1.165) is 43.6 Å². The van der Waals surface area contributed by atoms with E-state index in [-0.39, 0.29) is 23.5 Å². The molecule has 3 rings (SSSR count). The van der Waals surface area contributed by atoms with Gasteiger partial charge >= 0.3 is 0 Å². The van der Waals surface area contributed by atoms with Gasteiger partial charge in [-0.1, -0.05) is 37.6 Å². The van der Waals surface area contributed by atoms with E-state index in [2.05, 4.69) is 29.2 Å². The van der Waals surface area contributed by atoms with Gasteiger partial charge in [0.05, 0.1) is 11.7 Å². The molecule has 1 aliphatic heterocycles. The third-order valence-corrected chi connectivity index (χ3v) is 4.94. The molecule has 1 aliphatic rings. The minimum Gasteiger partial charge on any atom is -0.351 e. The number of hydrogen-bond acceptors (Lipinski definition) is 4. The smallest absolute Gasteiger partial charge is 0.289 e. The number of likely N-dealkylation sites (tertiary alicyclic amines) is 1. The van der Waals surface area contributed by atoms with Crippen LogP contribution in [0, 0.1) is 11.7 Å². The molecule has 0 aliphatic carbocycles. The number of halogens is 1. The number of nitrogens with one attached hydrogen (secondary N) is 1. The number of carbonyl (C=O) groups is 1. The first kappa shape index (κ1) is 19.5. The van der Waals surface area contributed by atoms with Gasteiger partial charge in [0.15, 0.2) is 0 Å². The summed E-state index contributed by atoms with van der Waals surface area (Å²) in [5.74, 6) is 0.177. The lowest BCUT2D eigenvalue weighted by atomic mass is 10.0. The Morgan fingerprint density at radius 1 is 1.22 bits per heavy atom. The Morgan fingerprint density at radius 3 is 2.59 bits per heavy atom. The second-order valence-corrected chi connectivity index (χ2v) is 7.65. The van der Waals surface area contributed by atoms with Crippen molar-refractivity contribution in [1.82, 2.24) is 15.4 Å². The lowest BCUT2D eigenvalue weighted by Crippen LogP contribution is -2.40. The van der Waals surface area contributed by atoms with E-state index >= 15 is 0 Å². The Labute approximate surface area is 159 Å². The SMILES string of the molecule is CC(C)Cc1cc(C(=O)NCC(c2ccc(F)cc2)N2CCCCC2)on1. The molecule has 6 heteroatoms. The summed E-state index contributed by atoms with van der Waals surface area (Å²) < 4.78 is 18.5. The van der Waals surface area contributed by atoms with Crippen LogP contribution in [-0.2, 0) is 6.42 Å². The minimum absolute atomic E-state index is 0.0212.